The van der Waals surface area contributed by atoms with E-state index in [2.05, 4.69) is 24.3 Å². The summed E-state index contributed by atoms with van der Waals surface area (Å²) in [4.78, 5) is 13.8. The molecule has 1 atom stereocenters. The van der Waals surface area contributed by atoms with Gasteiger partial charge in [0.25, 0.3) is 0 Å². The van der Waals surface area contributed by atoms with Crippen LogP contribution in [-0.4, -0.2) is 49.7 Å². The highest BCUT2D eigenvalue weighted by molar-refractivity contribution is 5.75. The molecule has 0 bridgehead atoms. The van der Waals surface area contributed by atoms with Crippen LogP contribution < -0.4 is 5.32 Å². The molecule has 4 heteroatoms. The molecular weight excluding hydrogens is 216 g/mol. The number of nitrogens with zero attached hydrogens (tertiary/aromatic N) is 1. The first-order valence-corrected chi connectivity index (χ1v) is 6.33. The van der Waals surface area contributed by atoms with Crippen LogP contribution in [-0.2, 0) is 9.53 Å². The Kier molecular flexibility index (Phi) is 7.39. The van der Waals surface area contributed by atoms with Crippen LogP contribution in [0.5, 0.6) is 0 Å². The van der Waals surface area contributed by atoms with Crippen molar-refractivity contribution in [3.63, 3.8) is 0 Å². The zero-order valence-corrected chi connectivity index (χ0v) is 12.2. The standard InChI is InChI=1S/C13H28N2O2/c1-11(12(16)17-13(2,3)4)14-9-7-8-10-15(5)6/h11,14H,7-10H2,1-6H3. The molecule has 0 amide bonds. The topological polar surface area (TPSA) is 41.6 Å². The first-order chi connectivity index (χ1) is 7.72. The first kappa shape index (κ1) is 16.4. The summed E-state index contributed by atoms with van der Waals surface area (Å²) >= 11 is 0. The van der Waals surface area contributed by atoms with E-state index in [1.54, 1.807) is 0 Å². The Bertz CT molecular complexity index is 222. The minimum atomic E-state index is -0.405. The highest BCUT2D eigenvalue weighted by Crippen LogP contribution is 2.08. The normalized spacial score (nSPS) is 13.8. The van der Waals surface area contributed by atoms with E-state index in [1.165, 1.54) is 0 Å². The Morgan fingerprint density at radius 1 is 1.29 bits per heavy atom. The number of ether oxygens (including phenoxy) is 1. The van der Waals surface area contributed by atoms with Gasteiger partial charge in [-0.3, -0.25) is 4.79 Å². The van der Waals surface area contributed by atoms with E-state index in [0.717, 1.165) is 25.9 Å². The molecule has 0 saturated carbocycles. The number of hydrogen-bond acceptors (Lipinski definition) is 4. The fraction of sp³-hybridized carbons (Fsp3) is 0.923. The van der Waals surface area contributed by atoms with Gasteiger partial charge in [-0.2, -0.15) is 0 Å². The van der Waals surface area contributed by atoms with Gasteiger partial charge in [0.05, 0.1) is 0 Å². The minimum absolute atomic E-state index is 0.176. The number of carbonyl (C=O) groups is 1. The van der Waals surface area contributed by atoms with Crippen molar-refractivity contribution in [1.82, 2.24) is 10.2 Å². The summed E-state index contributed by atoms with van der Waals surface area (Å²) in [5.41, 5.74) is -0.405. The largest absolute Gasteiger partial charge is 0.459 e. The highest BCUT2D eigenvalue weighted by Gasteiger charge is 2.20. The van der Waals surface area contributed by atoms with E-state index in [-0.39, 0.29) is 12.0 Å². The van der Waals surface area contributed by atoms with Gasteiger partial charge in [0.2, 0.25) is 0 Å². The molecule has 0 aromatic carbocycles. The van der Waals surface area contributed by atoms with Gasteiger partial charge in [-0.1, -0.05) is 0 Å². The van der Waals surface area contributed by atoms with Gasteiger partial charge in [-0.05, 0) is 67.7 Å². The zero-order chi connectivity index (χ0) is 13.5. The van der Waals surface area contributed by atoms with Crippen LogP contribution in [0.1, 0.15) is 40.5 Å². The molecule has 0 fully saturated rings. The van der Waals surface area contributed by atoms with E-state index in [0.29, 0.717) is 0 Å². The molecule has 4 nitrogen and oxygen atoms in total. The summed E-state index contributed by atoms with van der Waals surface area (Å²) in [6.07, 6.45) is 2.21. The van der Waals surface area contributed by atoms with Crippen molar-refractivity contribution in [2.45, 2.75) is 52.2 Å². The number of unbranched alkanes of at least 4 members (excludes halogenated alkanes) is 1. The molecule has 0 aromatic heterocycles. The summed E-state index contributed by atoms with van der Waals surface area (Å²) in [6.45, 7) is 9.44. The summed E-state index contributed by atoms with van der Waals surface area (Å²) in [7, 11) is 4.13. The van der Waals surface area contributed by atoms with Crippen LogP contribution in [0.3, 0.4) is 0 Å². The van der Waals surface area contributed by atoms with Crippen molar-refractivity contribution in [3.8, 4) is 0 Å². The van der Waals surface area contributed by atoms with Gasteiger partial charge < -0.3 is 15.0 Å². The van der Waals surface area contributed by atoms with E-state index >= 15 is 0 Å². The van der Waals surface area contributed by atoms with E-state index in [9.17, 15) is 4.79 Å². The van der Waals surface area contributed by atoms with Gasteiger partial charge in [-0.15, -0.1) is 0 Å². The van der Waals surface area contributed by atoms with Crippen LogP contribution in [0.4, 0.5) is 0 Å². The maximum absolute atomic E-state index is 11.6. The molecule has 102 valence electrons. The maximum Gasteiger partial charge on any atom is 0.323 e. The molecule has 0 aromatic rings. The van der Waals surface area contributed by atoms with Crippen LogP contribution in [0, 0.1) is 0 Å². The molecular formula is C13H28N2O2. The predicted molar refractivity (Wildman–Crippen MR) is 71.1 cm³/mol. The summed E-state index contributed by atoms with van der Waals surface area (Å²) in [6, 6.07) is -0.228. The number of esters is 1. The van der Waals surface area contributed by atoms with Crippen molar-refractivity contribution in [2.75, 3.05) is 27.2 Å². The monoisotopic (exact) mass is 244 g/mol. The van der Waals surface area contributed by atoms with E-state index in [4.69, 9.17) is 4.74 Å². The number of carbonyl (C=O) groups excluding carboxylic acids is 1. The summed E-state index contributed by atoms with van der Waals surface area (Å²) < 4.78 is 5.29. The number of rotatable bonds is 7. The predicted octanol–water partition coefficient (Wildman–Crippen LogP) is 1.65. The Hall–Kier alpha value is -0.610. The lowest BCUT2D eigenvalue weighted by Crippen LogP contribution is -2.39. The molecule has 0 aliphatic heterocycles. The third-order valence-corrected chi connectivity index (χ3v) is 2.24. The van der Waals surface area contributed by atoms with Crippen LogP contribution >= 0.6 is 0 Å². The Balaban J connectivity index is 3.65. The van der Waals surface area contributed by atoms with Gasteiger partial charge in [0.1, 0.15) is 11.6 Å². The molecule has 1 unspecified atom stereocenters. The Labute approximate surface area is 106 Å². The fourth-order valence-electron chi connectivity index (χ4n) is 1.35. The van der Waals surface area contributed by atoms with Crippen molar-refractivity contribution in [2.24, 2.45) is 0 Å². The second kappa shape index (κ2) is 7.67. The smallest absolute Gasteiger partial charge is 0.323 e. The Morgan fingerprint density at radius 3 is 2.35 bits per heavy atom. The van der Waals surface area contributed by atoms with Crippen molar-refractivity contribution < 1.29 is 9.53 Å². The molecule has 0 rings (SSSR count). The zero-order valence-electron chi connectivity index (χ0n) is 12.2. The van der Waals surface area contributed by atoms with Gasteiger partial charge in [0.15, 0.2) is 0 Å². The lowest BCUT2D eigenvalue weighted by atomic mass is 10.2. The second-order valence-corrected chi connectivity index (χ2v) is 5.72. The molecule has 17 heavy (non-hydrogen) atoms. The van der Waals surface area contributed by atoms with Crippen molar-refractivity contribution >= 4 is 5.97 Å². The van der Waals surface area contributed by atoms with Gasteiger partial charge >= 0.3 is 5.97 Å². The highest BCUT2D eigenvalue weighted by atomic mass is 16.6. The molecule has 0 aliphatic carbocycles. The van der Waals surface area contributed by atoms with E-state index < -0.39 is 5.60 Å². The third-order valence-electron chi connectivity index (χ3n) is 2.24. The Morgan fingerprint density at radius 2 is 1.88 bits per heavy atom. The third kappa shape index (κ3) is 10.3. The van der Waals surface area contributed by atoms with Crippen molar-refractivity contribution in [1.29, 1.82) is 0 Å². The van der Waals surface area contributed by atoms with Crippen LogP contribution in [0.2, 0.25) is 0 Å². The first-order valence-electron chi connectivity index (χ1n) is 6.33. The molecule has 1 N–H and O–H groups in total. The minimum Gasteiger partial charge on any atom is -0.459 e. The molecule has 0 radical (unpaired) electrons. The lowest BCUT2D eigenvalue weighted by Gasteiger charge is -2.22. The molecule has 0 saturated heterocycles. The van der Waals surface area contributed by atoms with E-state index in [1.807, 2.05) is 27.7 Å². The SMILES string of the molecule is CC(NCCCCN(C)C)C(=O)OC(C)(C)C. The molecule has 0 aliphatic rings. The maximum atomic E-state index is 11.6. The molecule has 0 heterocycles. The van der Waals surface area contributed by atoms with Crippen LogP contribution in [0.15, 0.2) is 0 Å². The second-order valence-electron chi connectivity index (χ2n) is 5.72. The van der Waals surface area contributed by atoms with Crippen molar-refractivity contribution in [3.05, 3.63) is 0 Å². The number of hydrogen-bond donors (Lipinski definition) is 1. The van der Waals surface area contributed by atoms with Gasteiger partial charge in [-0.25, -0.2) is 0 Å². The summed E-state index contributed by atoms with van der Waals surface area (Å²) in [5, 5.41) is 3.19. The van der Waals surface area contributed by atoms with Gasteiger partial charge in [0, 0.05) is 0 Å². The average Bonchev–Trinajstić information content (AvgIpc) is 2.13. The fourth-order valence-corrected chi connectivity index (χ4v) is 1.35. The average molecular weight is 244 g/mol. The van der Waals surface area contributed by atoms with Crippen LogP contribution in [0.25, 0.3) is 0 Å². The lowest BCUT2D eigenvalue weighted by molar-refractivity contribution is -0.156. The molecule has 0 spiro atoms. The number of nitrogens with one attached hydrogen (secondary N) is 1. The summed E-state index contributed by atoms with van der Waals surface area (Å²) in [5.74, 6) is -0.176. The quantitative estimate of drug-likeness (QED) is 0.546.